The van der Waals surface area contributed by atoms with Gasteiger partial charge in [-0.15, -0.1) is 0 Å². The average molecular weight is 251 g/mol. The van der Waals surface area contributed by atoms with Crippen LogP contribution in [0.2, 0.25) is 0 Å². The molecule has 1 atom stereocenters. The third-order valence-electron chi connectivity index (χ3n) is 2.78. The molecule has 7 nitrogen and oxygen atoms in total. The molecule has 90 valence electrons. The van der Waals surface area contributed by atoms with Crippen LogP contribution in [0.15, 0.2) is 27.0 Å². The van der Waals surface area contributed by atoms with Crippen LogP contribution in [0.5, 0.6) is 0 Å². The van der Waals surface area contributed by atoms with Crippen LogP contribution < -0.4 is 5.43 Å². The largest absolute Gasteiger partial charge is 0.284 e. The highest BCUT2D eigenvalue weighted by atomic mass is 32.2. The summed E-state index contributed by atoms with van der Waals surface area (Å²) in [6.45, 7) is 0. The predicted molar refractivity (Wildman–Crippen MR) is 69.2 cm³/mol. The van der Waals surface area contributed by atoms with Crippen molar-refractivity contribution >= 4 is 29.0 Å². The Balaban J connectivity index is 2.03. The number of nitrogens with one attached hydrogen (secondary N) is 1. The summed E-state index contributed by atoms with van der Waals surface area (Å²) >= 11 is 1.54. The minimum atomic E-state index is 0.0175. The van der Waals surface area contributed by atoms with Gasteiger partial charge < -0.3 is 0 Å². The van der Waals surface area contributed by atoms with Crippen molar-refractivity contribution in [3.05, 3.63) is 11.9 Å². The first-order chi connectivity index (χ1) is 8.24. The molecule has 8 heteroatoms. The summed E-state index contributed by atoms with van der Waals surface area (Å²) in [7, 11) is 3.77. The molecular weight excluding hydrogens is 238 g/mol. The van der Waals surface area contributed by atoms with Crippen LogP contribution in [0, 0.1) is 0 Å². The molecule has 0 saturated heterocycles. The summed E-state index contributed by atoms with van der Waals surface area (Å²) in [5, 5.41) is 10.8. The average Bonchev–Trinajstić information content (AvgIpc) is 2.91. The minimum Gasteiger partial charge on any atom is -0.284 e. The van der Waals surface area contributed by atoms with Gasteiger partial charge in [0.2, 0.25) is 0 Å². The monoisotopic (exact) mass is 251 g/mol. The van der Waals surface area contributed by atoms with E-state index in [1.54, 1.807) is 5.12 Å². The Morgan fingerprint density at radius 1 is 1.41 bits per heavy atom. The summed E-state index contributed by atoms with van der Waals surface area (Å²) in [5.41, 5.74) is 3.97. The lowest BCUT2D eigenvalue weighted by Crippen LogP contribution is -2.57. The Kier molecular flexibility index (Phi) is 2.33. The first kappa shape index (κ1) is 10.6. The van der Waals surface area contributed by atoms with Gasteiger partial charge >= 0.3 is 0 Å². The number of hydrogen-bond donors (Lipinski definition) is 1. The molecule has 1 N–H and O–H groups in total. The molecular formula is C9H13N7S. The number of rotatable bonds is 1. The molecule has 0 aromatic carbocycles. The molecule has 1 unspecified atom stereocenters. The van der Waals surface area contributed by atoms with Gasteiger partial charge in [0.15, 0.2) is 17.2 Å². The van der Waals surface area contributed by atoms with E-state index >= 15 is 0 Å². The van der Waals surface area contributed by atoms with Crippen molar-refractivity contribution < 1.29 is 0 Å². The van der Waals surface area contributed by atoms with Crippen LogP contribution in [0.1, 0.15) is 0 Å². The third kappa shape index (κ3) is 1.44. The second kappa shape index (κ2) is 3.74. The number of amidine groups is 2. The second-order valence-corrected chi connectivity index (χ2v) is 4.46. The normalized spacial score (nSPS) is 25.7. The van der Waals surface area contributed by atoms with Gasteiger partial charge in [0.05, 0.1) is 6.21 Å². The summed E-state index contributed by atoms with van der Waals surface area (Å²) in [6.07, 6.45) is 5.81. The van der Waals surface area contributed by atoms with E-state index in [1.807, 2.05) is 42.8 Å². The summed E-state index contributed by atoms with van der Waals surface area (Å²) in [6, 6.07) is 0. The molecule has 0 aromatic rings. The maximum atomic E-state index is 4.50. The molecule has 3 aliphatic rings. The smallest absolute Gasteiger partial charge is 0.190 e. The van der Waals surface area contributed by atoms with E-state index in [9.17, 15) is 0 Å². The Bertz CT molecular complexity index is 466. The third-order valence-corrected chi connectivity index (χ3v) is 3.33. The van der Waals surface area contributed by atoms with Gasteiger partial charge in [-0.25, -0.2) is 25.5 Å². The fourth-order valence-corrected chi connectivity index (χ4v) is 2.34. The molecule has 3 rings (SSSR count). The van der Waals surface area contributed by atoms with Crippen molar-refractivity contribution in [2.75, 3.05) is 20.4 Å². The molecule has 17 heavy (non-hydrogen) atoms. The number of aliphatic imine (C=N–C) groups is 2. The molecule has 0 amide bonds. The van der Waals surface area contributed by atoms with Crippen molar-refractivity contribution in [2.45, 2.75) is 6.17 Å². The zero-order valence-corrected chi connectivity index (χ0v) is 10.6. The van der Waals surface area contributed by atoms with E-state index in [4.69, 9.17) is 0 Å². The fraction of sp³-hybridized carbons (Fsp3) is 0.444. The van der Waals surface area contributed by atoms with Crippen LogP contribution in [-0.2, 0) is 0 Å². The summed E-state index contributed by atoms with van der Waals surface area (Å²) < 4.78 is 0. The lowest BCUT2D eigenvalue weighted by Gasteiger charge is -2.39. The lowest BCUT2D eigenvalue weighted by molar-refractivity contribution is 0.0164. The molecule has 0 spiro atoms. The predicted octanol–water partition coefficient (Wildman–Crippen LogP) is -0.117. The molecule has 3 heterocycles. The van der Waals surface area contributed by atoms with E-state index in [1.165, 1.54) is 11.8 Å². The number of hydrazine groups is 2. The van der Waals surface area contributed by atoms with Gasteiger partial charge in [0, 0.05) is 20.3 Å². The number of fused-ring (bicyclic) bond motifs is 3. The Morgan fingerprint density at radius 2 is 2.24 bits per heavy atom. The number of hydrazone groups is 1. The van der Waals surface area contributed by atoms with Crippen LogP contribution in [0.3, 0.4) is 0 Å². The fourth-order valence-electron chi connectivity index (χ4n) is 1.98. The highest BCUT2D eigenvalue weighted by Crippen LogP contribution is 2.28. The van der Waals surface area contributed by atoms with E-state index in [0.29, 0.717) is 0 Å². The van der Waals surface area contributed by atoms with E-state index in [0.717, 1.165) is 16.7 Å². The van der Waals surface area contributed by atoms with Gasteiger partial charge in [-0.3, -0.25) is 5.01 Å². The van der Waals surface area contributed by atoms with Crippen LogP contribution in [-0.4, -0.2) is 58.9 Å². The highest BCUT2D eigenvalue weighted by Gasteiger charge is 2.40. The molecule has 0 aliphatic carbocycles. The van der Waals surface area contributed by atoms with Crippen molar-refractivity contribution in [3.63, 3.8) is 0 Å². The van der Waals surface area contributed by atoms with E-state index in [-0.39, 0.29) is 6.17 Å². The SMILES string of the molecule is CNN1C=C2N=C(SC)N=C2N2C1C=NN2C. The van der Waals surface area contributed by atoms with Crippen molar-refractivity contribution in [3.8, 4) is 0 Å². The first-order valence-electron chi connectivity index (χ1n) is 5.21. The Morgan fingerprint density at radius 3 is 2.94 bits per heavy atom. The molecule has 0 bridgehead atoms. The van der Waals surface area contributed by atoms with Crippen LogP contribution in [0.25, 0.3) is 0 Å². The topological polar surface area (TPSA) is 58.8 Å². The zero-order valence-electron chi connectivity index (χ0n) is 9.82. The number of thioether (sulfide) groups is 1. The second-order valence-electron chi connectivity index (χ2n) is 3.69. The van der Waals surface area contributed by atoms with Gasteiger partial charge in [-0.05, 0) is 6.26 Å². The lowest BCUT2D eigenvalue weighted by atomic mass is 10.3. The molecule has 0 saturated carbocycles. The summed E-state index contributed by atoms with van der Waals surface area (Å²) in [5.74, 6) is 0.853. The van der Waals surface area contributed by atoms with Crippen LogP contribution >= 0.6 is 11.8 Å². The van der Waals surface area contributed by atoms with Crippen molar-refractivity contribution in [2.24, 2.45) is 15.1 Å². The standard InChI is InChI=1S/C9H13N7S/c1-10-15-5-6-8(13-9(12-6)17-3)16-7(15)4-11-14(16)2/h4-5,7,10H,1-3H3. The minimum absolute atomic E-state index is 0.0175. The number of nitrogens with zero attached hydrogens (tertiary/aromatic N) is 6. The van der Waals surface area contributed by atoms with Gasteiger partial charge in [-0.2, -0.15) is 5.10 Å². The maximum Gasteiger partial charge on any atom is 0.190 e. The van der Waals surface area contributed by atoms with Crippen molar-refractivity contribution in [1.29, 1.82) is 0 Å². The first-order valence-corrected chi connectivity index (χ1v) is 6.43. The van der Waals surface area contributed by atoms with E-state index < -0.39 is 0 Å². The quantitative estimate of drug-likeness (QED) is 0.704. The Hall–Kier alpha value is -1.54. The van der Waals surface area contributed by atoms with Gasteiger partial charge in [0.1, 0.15) is 5.70 Å². The van der Waals surface area contributed by atoms with Gasteiger partial charge in [-0.1, -0.05) is 11.8 Å². The molecule has 3 aliphatic heterocycles. The van der Waals surface area contributed by atoms with Gasteiger partial charge in [0.25, 0.3) is 0 Å². The summed E-state index contributed by atoms with van der Waals surface area (Å²) in [4.78, 5) is 8.95. The maximum absolute atomic E-state index is 4.50. The zero-order chi connectivity index (χ0) is 12.0. The van der Waals surface area contributed by atoms with E-state index in [2.05, 4.69) is 20.5 Å². The Labute approximate surface area is 104 Å². The number of hydrogen-bond acceptors (Lipinski definition) is 8. The molecule has 0 radical (unpaired) electrons. The van der Waals surface area contributed by atoms with Crippen LogP contribution in [0.4, 0.5) is 0 Å². The molecule has 0 aromatic heterocycles. The van der Waals surface area contributed by atoms with Crippen molar-refractivity contribution in [1.82, 2.24) is 20.6 Å². The highest BCUT2D eigenvalue weighted by molar-refractivity contribution is 8.13. The molecule has 0 fully saturated rings.